The van der Waals surface area contributed by atoms with Crippen molar-refractivity contribution in [3.05, 3.63) is 52.1 Å². The molecule has 0 N–H and O–H groups in total. The molecule has 2 rings (SSSR count). The zero-order chi connectivity index (χ0) is 14.7. The molecule has 2 aromatic rings. The van der Waals surface area contributed by atoms with E-state index in [-0.39, 0.29) is 5.69 Å². The van der Waals surface area contributed by atoms with Gasteiger partial charge in [-0.25, -0.2) is 0 Å². The molecule has 0 bridgehead atoms. The van der Waals surface area contributed by atoms with Gasteiger partial charge in [-0.1, -0.05) is 6.07 Å². The van der Waals surface area contributed by atoms with E-state index < -0.39 is 4.92 Å². The summed E-state index contributed by atoms with van der Waals surface area (Å²) in [6.07, 6.45) is 0. The zero-order valence-electron chi connectivity index (χ0n) is 11.5. The van der Waals surface area contributed by atoms with Gasteiger partial charge in [0, 0.05) is 18.2 Å². The highest BCUT2D eigenvalue weighted by atomic mass is 16.6. The fourth-order valence-electron chi connectivity index (χ4n) is 2.04. The Morgan fingerprint density at radius 1 is 1.20 bits per heavy atom. The summed E-state index contributed by atoms with van der Waals surface area (Å²) in [6.45, 7) is 1.88. The molecule has 0 heterocycles. The van der Waals surface area contributed by atoms with Crippen LogP contribution in [0.1, 0.15) is 5.56 Å². The standard InChI is InChI=1S/C15H14NO4/c1-10-7-8-11(16(17)18)9-12(10)15-13(19-2)5-4-6-14(15)20-3/h4-5,7-9H,1-3H3. The van der Waals surface area contributed by atoms with Crippen LogP contribution in [0.3, 0.4) is 0 Å². The van der Waals surface area contributed by atoms with Crippen LogP contribution in [-0.4, -0.2) is 19.1 Å². The average Bonchev–Trinajstić information content (AvgIpc) is 2.46. The molecule has 5 nitrogen and oxygen atoms in total. The Kier molecular flexibility index (Phi) is 3.89. The largest absolute Gasteiger partial charge is 0.496 e. The third kappa shape index (κ3) is 2.42. The summed E-state index contributed by atoms with van der Waals surface area (Å²) in [5.74, 6) is 1.08. The van der Waals surface area contributed by atoms with E-state index in [1.165, 1.54) is 19.2 Å². The molecule has 0 fully saturated rings. The molecule has 0 aromatic heterocycles. The molecule has 1 radical (unpaired) electrons. The lowest BCUT2D eigenvalue weighted by Crippen LogP contribution is -1.96. The number of non-ortho nitro benzene ring substituents is 1. The maximum atomic E-state index is 10.9. The summed E-state index contributed by atoms with van der Waals surface area (Å²) in [7, 11) is 3.08. The van der Waals surface area contributed by atoms with Gasteiger partial charge in [-0.05, 0) is 30.2 Å². The molecule has 0 saturated carbocycles. The van der Waals surface area contributed by atoms with Gasteiger partial charge in [0.25, 0.3) is 5.69 Å². The topological polar surface area (TPSA) is 61.6 Å². The number of nitro groups is 1. The van der Waals surface area contributed by atoms with Gasteiger partial charge in [0.15, 0.2) is 0 Å². The molecule has 103 valence electrons. The normalized spacial score (nSPS) is 10.2. The quantitative estimate of drug-likeness (QED) is 0.632. The lowest BCUT2D eigenvalue weighted by Gasteiger charge is -2.14. The highest BCUT2D eigenvalue weighted by molar-refractivity contribution is 5.80. The molecular weight excluding hydrogens is 258 g/mol. The van der Waals surface area contributed by atoms with Crippen molar-refractivity contribution in [3.8, 4) is 22.6 Å². The molecule has 2 aromatic carbocycles. The van der Waals surface area contributed by atoms with E-state index in [1.54, 1.807) is 25.3 Å². The van der Waals surface area contributed by atoms with Gasteiger partial charge in [0.05, 0.1) is 24.7 Å². The van der Waals surface area contributed by atoms with Crippen molar-refractivity contribution in [2.45, 2.75) is 6.92 Å². The third-order valence-corrected chi connectivity index (χ3v) is 3.05. The number of nitro benzene ring substituents is 1. The fraction of sp³-hybridized carbons (Fsp3) is 0.200. The second kappa shape index (κ2) is 5.61. The van der Waals surface area contributed by atoms with Crippen LogP contribution in [-0.2, 0) is 0 Å². The zero-order valence-corrected chi connectivity index (χ0v) is 11.5. The van der Waals surface area contributed by atoms with Crippen LogP contribution in [0, 0.1) is 23.1 Å². The lowest BCUT2D eigenvalue weighted by atomic mass is 9.98. The Hall–Kier alpha value is -2.56. The monoisotopic (exact) mass is 272 g/mol. The molecular formula is C15H14NO4. The highest BCUT2D eigenvalue weighted by Gasteiger charge is 2.17. The number of hydrogen-bond acceptors (Lipinski definition) is 4. The minimum absolute atomic E-state index is 0.0264. The molecule has 0 amide bonds. The van der Waals surface area contributed by atoms with Crippen molar-refractivity contribution in [1.82, 2.24) is 0 Å². The third-order valence-electron chi connectivity index (χ3n) is 3.05. The van der Waals surface area contributed by atoms with Crippen LogP contribution in [0.15, 0.2) is 30.3 Å². The number of aryl methyl sites for hydroxylation is 1. The minimum Gasteiger partial charge on any atom is -0.496 e. The first-order chi connectivity index (χ1) is 9.58. The number of methoxy groups -OCH3 is 2. The molecule has 0 unspecified atom stereocenters. The average molecular weight is 272 g/mol. The van der Waals surface area contributed by atoms with Gasteiger partial charge in [0.2, 0.25) is 0 Å². The Labute approximate surface area is 116 Å². The van der Waals surface area contributed by atoms with Crippen LogP contribution in [0.25, 0.3) is 11.1 Å². The second-order valence-corrected chi connectivity index (χ2v) is 4.21. The van der Waals surface area contributed by atoms with E-state index in [2.05, 4.69) is 6.07 Å². The van der Waals surface area contributed by atoms with Gasteiger partial charge in [0.1, 0.15) is 11.5 Å². The summed E-state index contributed by atoms with van der Waals surface area (Å²) >= 11 is 0. The number of nitrogens with zero attached hydrogens (tertiary/aromatic N) is 1. The predicted octanol–water partition coefficient (Wildman–Crippen LogP) is 3.39. The second-order valence-electron chi connectivity index (χ2n) is 4.21. The van der Waals surface area contributed by atoms with Gasteiger partial charge < -0.3 is 9.47 Å². The van der Waals surface area contributed by atoms with Gasteiger partial charge in [-0.2, -0.15) is 0 Å². The smallest absolute Gasteiger partial charge is 0.270 e. The van der Waals surface area contributed by atoms with Crippen molar-refractivity contribution in [3.63, 3.8) is 0 Å². The van der Waals surface area contributed by atoms with E-state index in [9.17, 15) is 10.1 Å². The molecule has 5 heteroatoms. The van der Waals surface area contributed by atoms with Gasteiger partial charge in [-0.15, -0.1) is 0 Å². The SMILES string of the molecule is COc1[c]ccc(OC)c1-c1cc([N+](=O)[O-])ccc1C. The van der Waals surface area contributed by atoms with Crippen LogP contribution in [0.4, 0.5) is 5.69 Å². The first kappa shape index (κ1) is 13.9. The van der Waals surface area contributed by atoms with Crippen LogP contribution < -0.4 is 9.47 Å². The fourth-order valence-corrected chi connectivity index (χ4v) is 2.04. The van der Waals surface area contributed by atoms with Crippen molar-refractivity contribution < 1.29 is 14.4 Å². The molecule has 0 spiro atoms. The maximum Gasteiger partial charge on any atom is 0.270 e. The van der Waals surface area contributed by atoms with E-state index in [0.29, 0.717) is 22.6 Å². The Morgan fingerprint density at radius 2 is 1.95 bits per heavy atom. The minimum atomic E-state index is -0.422. The van der Waals surface area contributed by atoms with E-state index in [4.69, 9.17) is 9.47 Å². The predicted molar refractivity (Wildman–Crippen MR) is 75.2 cm³/mol. The van der Waals surface area contributed by atoms with E-state index >= 15 is 0 Å². The highest BCUT2D eigenvalue weighted by Crippen LogP contribution is 2.40. The van der Waals surface area contributed by atoms with E-state index in [0.717, 1.165) is 5.56 Å². The number of benzene rings is 2. The Morgan fingerprint density at radius 3 is 2.55 bits per heavy atom. The molecule has 0 aliphatic rings. The summed E-state index contributed by atoms with van der Waals surface area (Å²) < 4.78 is 10.6. The van der Waals surface area contributed by atoms with Crippen LogP contribution in [0.5, 0.6) is 11.5 Å². The molecule has 0 atom stereocenters. The Balaban J connectivity index is 2.73. The number of hydrogen-bond donors (Lipinski definition) is 0. The van der Waals surface area contributed by atoms with Gasteiger partial charge >= 0.3 is 0 Å². The van der Waals surface area contributed by atoms with Crippen molar-refractivity contribution in [2.75, 3.05) is 14.2 Å². The van der Waals surface area contributed by atoms with E-state index in [1.807, 2.05) is 6.92 Å². The lowest BCUT2D eigenvalue weighted by molar-refractivity contribution is -0.384. The van der Waals surface area contributed by atoms with Crippen molar-refractivity contribution in [2.24, 2.45) is 0 Å². The van der Waals surface area contributed by atoms with Crippen molar-refractivity contribution in [1.29, 1.82) is 0 Å². The molecule has 0 aliphatic heterocycles. The summed E-state index contributed by atoms with van der Waals surface area (Å²) in [5, 5.41) is 10.9. The first-order valence-corrected chi connectivity index (χ1v) is 5.96. The summed E-state index contributed by atoms with van der Waals surface area (Å²) in [6, 6.07) is 11.1. The van der Waals surface area contributed by atoms with Crippen molar-refractivity contribution >= 4 is 5.69 Å². The molecule has 20 heavy (non-hydrogen) atoms. The summed E-state index contributed by atoms with van der Waals surface area (Å²) in [5.41, 5.74) is 2.29. The Bertz CT molecular complexity index is 630. The first-order valence-electron chi connectivity index (χ1n) is 5.96. The van der Waals surface area contributed by atoms with Crippen LogP contribution in [0.2, 0.25) is 0 Å². The van der Waals surface area contributed by atoms with Gasteiger partial charge in [-0.3, -0.25) is 10.1 Å². The maximum absolute atomic E-state index is 10.9. The summed E-state index contributed by atoms with van der Waals surface area (Å²) in [4.78, 5) is 10.5. The molecule has 0 aliphatic carbocycles. The number of rotatable bonds is 4. The van der Waals surface area contributed by atoms with Crippen LogP contribution >= 0.6 is 0 Å². The number of ether oxygens (including phenoxy) is 2. The molecule has 0 saturated heterocycles.